The Kier molecular flexibility index (Phi) is 1.88. The molecule has 2 bridgehead atoms. The smallest absolute Gasteiger partial charge is 0.0437 e. The van der Waals surface area contributed by atoms with Crippen LogP contribution in [0.4, 0.5) is 0 Å². The quantitative estimate of drug-likeness (QED) is 0.712. The van der Waals surface area contributed by atoms with Gasteiger partial charge in [0.2, 0.25) is 0 Å². The highest BCUT2D eigenvalue weighted by Crippen LogP contribution is 2.43. The second-order valence-electron chi connectivity index (χ2n) is 4.79. The first-order chi connectivity index (χ1) is 6.89. The number of hydrogen-bond acceptors (Lipinski definition) is 1. The minimum atomic E-state index is 0.337. The van der Waals surface area contributed by atoms with Crippen LogP contribution in [0.1, 0.15) is 31.2 Å². The summed E-state index contributed by atoms with van der Waals surface area (Å²) in [5, 5.41) is 3.75. The van der Waals surface area contributed by atoms with Crippen LogP contribution in [0, 0.1) is 5.92 Å². The van der Waals surface area contributed by atoms with Crippen molar-refractivity contribution < 1.29 is 0 Å². The van der Waals surface area contributed by atoms with E-state index in [1.54, 1.807) is 0 Å². The van der Waals surface area contributed by atoms with E-state index in [-0.39, 0.29) is 0 Å². The Balaban J connectivity index is 1.97. The molecule has 1 aromatic carbocycles. The van der Waals surface area contributed by atoms with Gasteiger partial charge < -0.3 is 5.32 Å². The van der Waals surface area contributed by atoms with E-state index in [4.69, 9.17) is 0 Å². The predicted octanol–water partition coefficient (Wildman–Crippen LogP) is 2.68. The summed E-state index contributed by atoms with van der Waals surface area (Å²) >= 11 is 0. The lowest BCUT2D eigenvalue weighted by Gasteiger charge is -2.33. The lowest BCUT2D eigenvalue weighted by Crippen LogP contribution is -2.36. The molecule has 1 heterocycles. The van der Waals surface area contributed by atoms with E-state index in [2.05, 4.69) is 35.6 Å². The zero-order valence-corrected chi connectivity index (χ0v) is 8.50. The monoisotopic (exact) mass is 187 g/mol. The lowest BCUT2D eigenvalue weighted by atomic mass is 9.76. The average Bonchev–Trinajstić information content (AvgIpc) is 2.57. The summed E-state index contributed by atoms with van der Waals surface area (Å²) in [7, 11) is 0. The van der Waals surface area contributed by atoms with Crippen LogP contribution in [0.15, 0.2) is 30.3 Å². The van der Waals surface area contributed by atoms with Gasteiger partial charge in [-0.05, 0) is 37.3 Å². The molecule has 2 atom stereocenters. The zero-order chi connectivity index (χ0) is 9.43. The molecule has 0 amide bonds. The first-order valence-electron chi connectivity index (χ1n) is 5.70. The van der Waals surface area contributed by atoms with Gasteiger partial charge in [-0.15, -0.1) is 0 Å². The number of hydrogen-bond donors (Lipinski definition) is 1. The van der Waals surface area contributed by atoms with Crippen molar-refractivity contribution in [2.24, 2.45) is 5.92 Å². The van der Waals surface area contributed by atoms with Crippen LogP contribution in [0.25, 0.3) is 0 Å². The Labute approximate surface area is 85.5 Å². The molecule has 0 spiro atoms. The topological polar surface area (TPSA) is 12.0 Å². The maximum atomic E-state index is 3.75. The third-order valence-electron chi connectivity index (χ3n) is 3.91. The summed E-state index contributed by atoms with van der Waals surface area (Å²) in [6, 6.07) is 11.0. The van der Waals surface area contributed by atoms with Crippen LogP contribution in [-0.4, -0.2) is 6.54 Å². The first kappa shape index (κ1) is 8.49. The fourth-order valence-corrected chi connectivity index (χ4v) is 3.19. The highest BCUT2D eigenvalue weighted by Gasteiger charge is 2.42. The van der Waals surface area contributed by atoms with E-state index in [9.17, 15) is 0 Å². The second-order valence-corrected chi connectivity index (χ2v) is 4.79. The molecule has 0 radical (unpaired) electrons. The highest BCUT2D eigenvalue weighted by atomic mass is 15.0. The van der Waals surface area contributed by atoms with Crippen LogP contribution in [0.3, 0.4) is 0 Å². The van der Waals surface area contributed by atoms with Gasteiger partial charge in [-0.2, -0.15) is 0 Å². The molecule has 1 aliphatic heterocycles. The molecule has 1 aliphatic carbocycles. The fourth-order valence-electron chi connectivity index (χ4n) is 3.19. The van der Waals surface area contributed by atoms with Crippen molar-refractivity contribution in [3.8, 4) is 0 Å². The standard InChI is InChI=1S/C13H17N/c1-2-6-12(7-3-1)13-8-4-5-11(9-13)10-14-13/h1-3,6-7,11,14H,4-5,8-10H2. The Hall–Kier alpha value is -0.820. The minimum Gasteiger partial charge on any atom is -0.307 e. The molecule has 1 heteroatoms. The predicted molar refractivity (Wildman–Crippen MR) is 58.1 cm³/mol. The maximum absolute atomic E-state index is 3.75. The molecular weight excluding hydrogens is 170 g/mol. The molecule has 2 unspecified atom stereocenters. The van der Waals surface area contributed by atoms with Crippen molar-refractivity contribution in [1.29, 1.82) is 0 Å². The van der Waals surface area contributed by atoms with Gasteiger partial charge in [-0.3, -0.25) is 0 Å². The van der Waals surface area contributed by atoms with E-state index in [0.29, 0.717) is 5.54 Å². The molecule has 74 valence electrons. The molecule has 1 N–H and O–H groups in total. The molecule has 14 heavy (non-hydrogen) atoms. The van der Waals surface area contributed by atoms with Crippen LogP contribution >= 0.6 is 0 Å². The van der Waals surface area contributed by atoms with E-state index >= 15 is 0 Å². The van der Waals surface area contributed by atoms with Gasteiger partial charge in [0.25, 0.3) is 0 Å². The van der Waals surface area contributed by atoms with Gasteiger partial charge in [-0.25, -0.2) is 0 Å². The fraction of sp³-hybridized carbons (Fsp3) is 0.538. The third-order valence-corrected chi connectivity index (χ3v) is 3.91. The molecule has 2 aliphatic rings. The van der Waals surface area contributed by atoms with Crippen LogP contribution < -0.4 is 5.32 Å². The van der Waals surface area contributed by atoms with Gasteiger partial charge in [-0.1, -0.05) is 36.8 Å². The number of nitrogens with one attached hydrogen (secondary N) is 1. The van der Waals surface area contributed by atoms with Crippen molar-refractivity contribution in [3.63, 3.8) is 0 Å². The first-order valence-corrected chi connectivity index (χ1v) is 5.70. The SMILES string of the molecule is c1ccc(C23CCCC(CN2)C3)cc1. The summed E-state index contributed by atoms with van der Waals surface area (Å²) in [5.74, 6) is 0.934. The summed E-state index contributed by atoms with van der Waals surface area (Å²) < 4.78 is 0. The summed E-state index contributed by atoms with van der Waals surface area (Å²) in [6.07, 6.45) is 5.51. The molecule has 1 aromatic rings. The van der Waals surface area contributed by atoms with Crippen molar-refractivity contribution in [2.75, 3.05) is 6.54 Å². The molecular formula is C13H17N. The number of rotatable bonds is 1. The Morgan fingerprint density at radius 2 is 2.07 bits per heavy atom. The van der Waals surface area contributed by atoms with Crippen molar-refractivity contribution in [2.45, 2.75) is 31.2 Å². The number of benzene rings is 1. The van der Waals surface area contributed by atoms with E-state index in [0.717, 1.165) is 5.92 Å². The molecule has 1 saturated carbocycles. The van der Waals surface area contributed by atoms with E-state index in [1.165, 1.54) is 37.8 Å². The van der Waals surface area contributed by atoms with Crippen molar-refractivity contribution in [3.05, 3.63) is 35.9 Å². The average molecular weight is 187 g/mol. The van der Waals surface area contributed by atoms with Crippen molar-refractivity contribution in [1.82, 2.24) is 5.32 Å². The molecule has 1 nitrogen and oxygen atoms in total. The summed E-state index contributed by atoms with van der Waals surface area (Å²) in [5.41, 5.74) is 1.84. The van der Waals surface area contributed by atoms with Gasteiger partial charge >= 0.3 is 0 Å². The minimum absolute atomic E-state index is 0.337. The Morgan fingerprint density at radius 1 is 1.21 bits per heavy atom. The lowest BCUT2D eigenvalue weighted by molar-refractivity contribution is 0.288. The van der Waals surface area contributed by atoms with E-state index in [1.807, 2.05) is 0 Å². The van der Waals surface area contributed by atoms with Crippen molar-refractivity contribution >= 4 is 0 Å². The molecule has 2 fully saturated rings. The Bertz CT molecular complexity index is 315. The van der Waals surface area contributed by atoms with Gasteiger partial charge in [0.05, 0.1) is 0 Å². The third kappa shape index (κ3) is 1.19. The van der Waals surface area contributed by atoms with Gasteiger partial charge in [0.1, 0.15) is 0 Å². The van der Waals surface area contributed by atoms with Crippen LogP contribution in [0.2, 0.25) is 0 Å². The second kappa shape index (κ2) is 3.09. The summed E-state index contributed by atoms with van der Waals surface area (Å²) in [6.45, 7) is 1.23. The molecule has 1 saturated heterocycles. The molecule has 0 aromatic heterocycles. The van der Waals surface area contributed by atoms with E-state index < -0.39 is 0 Å². The largest absolute Gasteiger partial charge is 0.307 e. The number of fused-ring (bicyclic) bond motifs is 2. The summed E-state index contributed by atoms with van der Waals surface area (Å²) in [4.78, 5) is 0. The van der Waals surface area contributed by atoms with Crippen LogP contribution in [0.5, 0.6) is 0 Å². The van der Waals surface area contributed by atoms with Gasteiger partial charge in [0, 0.05) is 5.54 Å². The van der Waals surface area contributed by atoms with Crippen LogP contribution in [-0.2, 0) is 5.54 Å². The Morgan fingerprint density at radius 3 is 2.93 bits per heavy atom. The normalized spacial score (nSPS) is 35.9. The van der Waals surface area contributed by atoms with Gasteiger partial charge in [0.15, 0.2) is 0 Å². The molecule has 3 rings (SSSR count). The zero-order valence-electron chi connectivity index (χ0n) is 8.50. The maximum Gasteiger partial charge on any atom is 0.0437 e. The highest BCUT2D eigenvalue weighted by molar-refractivity contribution is 5.27.